The second kappa shape index (κ2) is 12.7. The molecular weight excluding hydrogens is 260 g/mol. The predicted octanol–water partition coefficient (Wildman–Crippen LogP) is 1.65. The monoisotopic (exact) mass is 288 g/mol. The average molecular weight is 288 g/mol. The molecule has 0 aromatic heterocycles. The first-order valence-corrected chi connectivity index (χ1v) is 7.42. The molecule has 0 aromatic rings. The lowest BCUT2D eigenvalue weighted by atomic mass is 10.1. The standard InChI is InChI=1S/C14H28N2O4/c1-2-3-4-5-6-8-13(18)16(10-11-17)9-7-12-20-14(15)19/h17H,2-12H2,1H3,(H2,15,19). The van der Waals surface area contributed by atoms with E-state index in [1.807, 2.05) is 0 Å². The van der Waals surface area contributed by atoms with E-state index in [1.54, 1.807) is 4.90 Å². The van der Waals surface area contributed by atoms with Gasteiger partial charge in [-0.25, -0.2) is 4.79 Å². The number of carbonyl (C=O) groups is 2. The number of nitrogens with two attached hydrogens (primary N) is 1. The largest absolute Gasteiger partial charge is 0.450 e. The summed E-state index contributed by atoms with van der Waals surface area (Å²) in [6.45, 7) is 3.09. The predicted molar refractivity (Wildman–Crippen MR) is 77.2 cm³/mol. The topological polar surface area (TPSA) is 92.9 Å². The summed E-state index contributed by atoms with van der Waals surface area (Å²) in [4.78, 5) is 24.0. The van der Waals surface area contributed by atoms with E-state index in [9.17, 15) is 9.59 Å². The Morgan fingerprint density at radius 3 is 2.40 bits per heavy atom. The number of primary amides is 1. The molecule has 0 rings (SSSR count). The van der Waals surface area contributed by atoms with Gasteiger partial charge in [0.05, 0.1) is 13.2 Å². The fourth-order valence-corrected chi connectivity index (χ4v) is 1.95. The zero-order valence-corrected chi connectivity index (χ0v) is 12.5. The van der Waals surface area contributed by atoms with E-state index in [4.69, 9.17) is 10.8 Å². The fraction of sp³-hybridized carbons (Fsp3) is 0.857. The molecule has 6 nitrogen and oxygen atoms in total. The van der Waals surface area contributed by atoms with Crippen LogP contribution >= 0.6 is 0 Å². The Morgan fingerprint density at radius 2 is 1.80 bits per heavy atom. The minimum absolute atomic E-state index is 0.0506. The number of hydrogen-bond donors (Lipinski definition) is 2. The molecule has 0 radical (unpaired) electrons. The first-order chi connectivity index (χ1) is 9.61. The zero-order chi connectivity index (χ0) is 15.2. The van der Waals surface area contributed by atoms with Gasteiger partial charge in [0, 0.05) is 19.5 Å². The Hall–Kier alpha value is -1.30. The Kier molecular flexibility index (Phi) is 11.9. The number of carbonyl (C=O) groups excluding carboxylic acids is 2. The number of rotatable bonds is 12. The van der Waals surface area contributed by atoms with Crippen LogP contribution in [0.2, 0.25) is 0 Å². The summed E-state index contributed by atoms with van der Waals surface area (Å²) in [6, 6.07) is 0. The van der Waals surface area contributed by atoms with Crippen molar-refractivity contribution in [2.45, 2.75) is 51.9 Å². The summed E-state index contributed by atoms with van der Waals surface area (Å²) in [5, 5.41) is 8.97. The van der Waals surface area contributed by atoms with Crippen molar-refractivity contribution in [1.29, 1.82) is 0 Å². The van der Waals surface area contributed by atoms with Gasteiger partial charge in [0.15, 0.2) is 0 Å². The third kappa shape index (κ3) is 10.6. The zero-order valence-electron chi connectivity index (χ0n) is 12.5. The van der Waals surface area contributed by atoms with Gasteiger partial charge in [-0.15, -0.1) is 0 Å². The maximum Gasteiger partial charge on any atom is 0.404 e. The van der Waals surface area contributed by atoms with E-state index in [0.29, 0.717) is 25.9 Å². The van der Waals surface area contributed by atoms with Gasteiger partial charge in [0.2, 0.25) is 5.91 Å². The molecule has 118 valence electrons. The molecule has 0 aliphatic rings. The van der Waals surface area contributed by atoms with Gasteiger partial charge >= 0.3 is 6.09 Å². The summed E-state index contributed by atoms with van der Waals surface area (Å²) in [5.74, 6) is 0.0506. The van der Waals surface area contributed by atoms with E-state index in [0.717, 1.165) is 19.3 Å². The lowest BCUT2D eigenvalue weighted by molar-refractivity contribution is -0.132. The average Bonchev–Trinajstić information content (AvgIpc) is 2.41. The van der Waals surface area contributed by atoms with E-state index in [2.05, 4.69) is 11.7 Å². The number of unbranched alkanes of at least 4 members (excludes halogenated alkanes) is 4. The number of hydrogen-bond acceptors (Lipinski definition) is 4. The highest BCUT2D eigenvalue weighted by molar-refractivity contribution is 5.76. The van der Waals surface area contributed by atoms with E-state index >= 15 is 0 Å². The molecule has 0 saturated heterocycles. The second-order valence-electron chi connectivity index (χ2n) is 4.79. The molecular formula is C14H28N2O4. The lowest BCUT2D eigenvalue weighted by Crippen LogP contribution is -2.35. The number of ether oxygens (including phenoxy) is 1. The normalized spacial score (nSPS) is 10.3. The van der Waals surface area contributed by atoms with Crippen LogP contribution in [0.25, 0.3) is 0 Å². The molecule has 3 N–H and O–H groups in total. The summed E-state index contributed by atoms with van der Waals surface area (Å²) >= 11 is 0. The van der Waals surface area contributed by atoms with E-state index in [-0.39, 0.29) is 19.1 Å². The number of amides is 2. The number of aliphatic hydroxyl groups is 1. The molecule has 0 bridgehead atoms. The van der Waals surface area contributed by atoms with E-state index in [1.165, 1.54) is 12.8 Å². The van der Waals surface area contributed by atoms with Crippen LogP contribution in [0.4, 0.5) is 4.79 Å². The first kappa shape index (κ1) is 18.7. The molecule has 0 spiro atoms. The van der Waals surface area contributed by atoms with Crippen LogP contribution < -0.4 is 5.73 Å². The fourth-order valence-electron chi connectivity index (χ4n) is 1.95. The van der Waals surface area contributed by atoms with Crippen molar-refractivity contribution >= 4 is 12.0 Å². The van der Waals surface area contributed by atoms with Gasteiger partial charge in [0.25, 0.3) is 0 Å². The maximum atomic E-state index is 12.0. The molecule has 0 atom stereocenters. The minimum Gasteiger partial charge on any atom is -0.450 e. The van der Waals surface area contributed by atoms with Crippen LogP contribution in [0.15, 0.2) is 0 Å². The van der Waals surface area contributed by atoms with Crippen LogP contribution in [0.1, 0.15) is 51.9 Å². The Labute approximate surface area is 121 Å². The highest BCUT2D eigenvalue weighted by Gasteiger charge is 2.12. The second-order valence-corrected chi connectivity index (χ2v) is 4.79. The maximum absolute atomic E-state index is 12.0. The lowest BCUT2D eigenvalue weighted by Gasteiger charge is -2.21. The summed E-state index contributed by atoms with van der Waals surface area (Å²) < 4.78 is 4.61. The van der Waals surface area contributed by atoms with Crippen LogP contribution in [0, 0.1) is 0 Å². The highest BCUT2D eigenvalue weighted by Crippen LogP contribution is 2.07. The molecule has 2 amide bonds. The molecule has 20 heavy (non-hydrogen) atoms. The molecule has 0 unspecified atom stereocenters. The Bertz CT molecular complexity index is 272. The third-order valence-corrected chi connectivity index (χ3v) is 3.03. The first-order valence-electron chi connectivity index (χ1n) is 7.42. The van der Waals surface area contributed by atoms with Crippen LogP contribution in [-0.2, 0) is 9.53 Å². The smallest absolute Gasteiger partial charge is 0.404 e. The molecule has 0 aliphatic heterocycles. The van der Waals surface area contributed by atoms with E-state index < -0.39 is 6.09 Å². The molecule has 0 aliphatic carbocycles. The van der Waals surface area contributed by atoms with Crippen molar-refractivity contribution < 1.29 is 19.4 Å². The van der Waals surface area contributed by atoms with Gasteiger partial charge < -0.3 is 20.5 Å². The Morgan fingerprint density at radius 1 is 1.10 bits per heavy atom. The number of nitrogens with zero attached hydrogens (tertiary/aromatic N) is 1. The molecule has 0 fully saturated rings. The summed E-state index contributed by atoms with van der Waals surface area (Å²) in [6.07, 6.45) is 5.75. The van der Waals surface area contributed by atoms with Crippen molar-refractivity contribution in [2.24, 2.45) is 5.73 Å². The SMILES string of the molecule is CCCCCCCC(=O)N(CCO)CCCOC(N)=O. The number of aliphatic hydroxyl groups excluding tert-OH is 1. The highest BCUT2D eigenvalue weighted by atomic mass is 16.5. The quantitative estimate of drug-likeness (QED) is 0.534. The molecule has 0 saturated carbocycles. The van der Waals surface area contributed by atoms with Crippen molar-refractivity contribution in [3.8, 4) is 0 Å². The third-order valence-electron chi connectivity index (χ3n) is 3.03. The summed E-state index contributed by atoms with van der Waals surface area (Å²) in [7, 11) is 0. The van der Waals surface area contributed by atoms with Gasteiger partial charge in [-0.05, 0) is 12.8 Å². The van der Waals surface area contributed by atoms with Gasteiger partial charge in [0.1, 0.15) is 0 Å². The molecule has 0 aromatic carbocycles. The van der Waals surface area contributed by atoms with Crippen molar-refractivity contribution in [2.75, 3.05) is 26.3 Å². The van der Waals surface area contributed by atoms with Gasteiger partial charge in [-0.3, -0.25) is 4.79 Å². The van der Waals surface area contributed by atoms with Crippen LogP contribution in [0.3, 0.4) is 0 Å². The van der Waals surface area contributed by atoms with Crippen molar-refractivity contribution in [3.05, 3.63) is 0 Å². The van der Waals surface area contributed by atoms with Gasteiger partial charge in [-0.1, -0.05) is 32.6 Å². The van der Waals surface area contributed by atoms with Crippen LogP contribution in [0.5, 0.6) is 0 Å². The minimum atomic E-state index is -0.805. The Balaban J connectivity index is 3.84. The summed E-state index contributed by atoms with van der Waals surface area (Å²) in [5.41, 5.74) is 4.85. The van der Waals surface area contributed by atoms with Gasteiger partial charge in [-0.2, -0.15) is 0 Å². The van der Waals surface area contributed by atoms with Crippen molar-refractivity contribution in [1.82, 2.24) is 4.90 Å². The van der Waals surface area contributed by atoms with Crippen molar-refractivity contribution in [3.63, 3.8) is 0 Å². The van der Waals surface area contributed by atoms with Crippen LogP contribution in [-0.4, -0.2) is 48.3 Å². The molecule has 6 heteroatoms. The molecule has 0 heterocycles.